The molecule has 0 radical (unpaired) electrons. The van der Waals surface area contributed by atoms with Gasteiger partial charge in [-0.15, -0.1) is 0 Å². The van der Waals surface area contributed by atoms with Crippen LogP contribution in [0.25, 0.3) is 28.0 Å². The van der Waals surface area contributed by atoms with Crippen LogP contribution in [-0.4, -0.2) is 71.0 Å². The molecule has 2 amide bonds. The Hall–Kier alpha value is -4.21. The maximum atomic E-state index is 14.6. The number of aromatic nitrogens is 4. The summed E-state index contributed by atoms with van der Waals surface area (Å²) in [5.74, 6) is 1.45. The third kappa shape index (κ3) is 3.87. The summed E-state index contributed by atoms with van der Waals surface area (Å²) in [5.41, 5.74) is 1.51. The highest BCUT2D eigenvalue weighted by atomic mass is 19.1. The minimum absolute atomic E-state index is 0.0692. The Morgan fingerprint density at radius 2 is 1.82 bits per heavy atom. The molecule has 0 saturated carbocycles. The third-order valence-corrected chi connectivity index (χ3v) is 5.95. The standard InChI is InChI=1S/C24H24FN7O2/c1-26-24(33)31-11-9-30(10-12-31)21-7-4-8-22(29-21)32-19-13-18(27-14-16(19)15-28-32)23-17(25)5-3-6-20(23)34-2/h3-8,13-15H,9-12H2,1-2H3,(H,26,33). The Morgan fingerprint density at radius 1 is 1.06 bits per heavy atom. The van der Waals surface area contributed by atoms with E-state index in [0.717, 1.165) is 16.7 Å². The minimum atomic E-state index is -0.409. The van der Waals surface area contributed by atoms with Crippen molar-refractivity contribution in [3.63, 3.8) is 0 Å². The number of amides is 2. The molecule has 4 heterocycles. The van der Waals surface area contributed by atoms with E-state index in [4.69, 9.17) is 9.72 Å². The van der Waals surface area contributed by atoms with Gasteiger partial charge in [0.15, 0.2) is 5.82 Å². The monoisotopic (exact) mass is 461 g/mol. The molecule has 174 valence electrons. The summed E-state index contributed by atoms with van der Waals surface area (Å²) >= 11 is 0. The molecule has 0 unspecified atom stereocenters. The summed E-state index contributed by atoms with van der Waals surface area (Å²) < 4.78 is 21.7. The van der Waals surface area contributed by atoms with Gasteiger partial charge in [0.05, 0.1) is 30.1 Å². The summed E-state index contributed by atoms with van der Waals surface area (Å²) in [6.45, 7) is 2.61. The maximum absolute atomic E-state index is 14.6. The molecule has 34 heavy (non-hydrogen) atoms. The van der Waals surface area contributed by atoms with Crippen LogP contribution in [0.2, 0.25) is 0 Å². The molecule has 3 aromatic heterocycles. The number of nitrogens with one attached hydrogen (secondary N) is 1. The van der Waals surface area contributed by atoms with Gasteiger partial charge in [-0.3, -0.25) is 4.98 Å². The number of nitrogens with zero attached hydrogens (tertiary/aromatic N) is 6. The highest BCUT2D eigenvalue weighted by Gasteiger charge is 2.22. The average molecular weight is 462 g/mol. The zero-order valence-electron chi connectivity index (χ0n) is 18.9. The van der Waals surface area contributed by atoms with Crippen molar-refractivity contribution < 1.29 is 13.9 Å². The second-order valence-electron chi connectivity index (χ2n) is 7.89. The van der Waals surface area contributed by atoms with Gasteiger partial charge < -0.3 is 19.9 Å². The summed E-state index contributed by atoms with van der Waals surface area (Å²) in [4.78, 5) is 25.1. The second-order valence-corrected chi connectivity index (χ2v) is 7.89. The topological polar surface area (TPSA) is 88.4 Å². The smallest absolute Gasteiger partial charge is 0.317 e. The van der Waals surface area contributed by atoms with E-state index in [2.05, 4.69) is 20.3 Å². The second kappa shape index (κ2) is 8.97. The Balaban J connectivity index is 1.48. The third-order valence-electron chi connectivity index (χ3n) is 5.95. The number of benzene rings is 1. The van der Waals surface area contributed by atoms with Crippen molar-refractivity contribution >= 4 is 22.8 Å². The van der Waals surface area contributed by atoms with Crippen molar-refractivity contribution in [2.45, 2.75) is 0 Å². The van der Waals surface area contributed by atoms with Crippen LogP contribution in [0.5, 0.6) is 5.75 Å². The predicted octanol–water partition coefficient (Wildman–Crippen LogP) is 3.09. The van der Waals surface area contributed by atoms with E-state index in [-0.39, 0.29) is 6.03 Å². The number of fused-ring (bicyclic) bond motifs is 1. The lowest BCUT2D eigenvalue weighted by atomic mass is 10.1. The summed E-state index contributed by atoms with van der Waals surface area (Å²) in [6, 6.07) is 12.2. The molecule has 0 bridgehead atoms. The van der Waals surface area contributed by atoms with Crippen LogP contribution in [0, 0.1) is 5.82 Å². The fourth-order valence-corrected chi connectivity index (χ4v) is 4.17. The van der Waals surface area contributed by atoms with Crippen LogP contribution in [-0.2, 0) is 0 Å². The molecule has 1 aliphatic heterocycles. The first-order valence-corrected chi connectivity index (χ1v) is 10.9. The molecule has 9 nitrogen and oxygen atoms in total. The molecule has 0 atom stereocenters. The van der Waals surface area contributed by atoms with Crippen molar-refractivity contribution in [3.8, 4) is 22.8 Å². The van der Waals surface area contributed by atoms with Gasteiger partial charge in [0.1, 0.15) is 17.4 Å². The van der Waals surface area contributed by atoms with E-state index < -0.39 is 5.82 Å². The van der Waals surface area contributed by atoms with Gasteiger partial charge in [-0.25, -0.2) is 18.9 Å². The number of anilines is 1. The van der Waals surface area contributed by atoms with E-state index in [9.17, 15) is 9.18 Å². The molecule has 10 heteroatoms. The maximum Gasteiger partial charge on any atom is 0.317 e. The highest BCUT2D eigenvalue weighted by molar-refractivity contribution is 5.84. The lowest BCUT2D eigenvalue weighted by Crippen LogP contribution is -2.51. The molecule has 5 rings (SSSR count). The zero-order valence-corrected chi connectivity index (χ0v) is 18.9. The van der Waals surface area contributed by atoms with Crippen LogP contribution >= 0.6 is 0 Å². The average Bonchev–Trinajstić information content (AvgIpc) is 3.31. The Kier molecular flexibility index (Phi) is 5.70. The molecule has 1 saturated heterocycles. The largest absolute Gasteiger partial charge is 0.496 e. The minimum Gasteiger partial charge on any atom is -0.496 e. The number of carbonyl (C=O) groups is 1. The number of hydrogen-bond donors (Lipinski definition) is 1. The molecule has 0 aliphatic carbocycles. The van der Waals surface area contributed by atoms with Gasteiger partial charge in [-0.1, -0.05) is 12.1 Å². The number of halogens is 1. The quantitative estimate of drug-likeness (QED) is 0.503. The van der Waals surface area contributed by atoms with Crippen molar-refractivity contribution in [3.05, 3.63) is 60.7 Å². The predicted molar refractivity (Wildman–Crippen MR) is 127 cm³/mol. The van der Waals surface area contributed by atoms with Crippen LogP contribution in [0.15, 0.2) is 54.9 Å². The van der Waals surface area contributed by atoms with Crippen LogP contribution < -0.4 is 15.0 Å². The highest BCUT2D eigenvalue weighted by Crippen LogP contribution is 2.33. The lowest BCUT2D eigenvalue weighted by molar-refractivity contribution is 0.196. The van der Waals surface area contributed by atoms with E-state index in [1.54, 1.807) is 47.2 Å². The van der Waals surface area contributed by atoms with Gasteiger partial charge in [-0.2, -0.15) is 5.10 Å². The first kappa shape index (κ1) is 21.6. The molecular weight excluding hydrogens is 437 g/mol. The fourth-order valence-electron chi connectivity index (χ4n) is 4.17. The fraction of sp³-hybridized carbons (Fsp3) is 0.250. The van der Waals surface area contributed by atoms with Crippen LogP contribution in [0.1, 0.15) is 0 Å². The number of carbonyl (C=O) groups excluding carboxylic acids is 1. The first-order valence-electron chi connectivity index (χ1n) is 10.9. The van der Waals surface area contributed by atoms with Crippen LogP contribution in [0.4, 0.5) is 15.0 Å². The van der Waals surface area contributed by atoms with Gasteiger partial charge in [0, 0.05) is 44.8 Å². The van der Waals surface area contributed by atoms with E-state index >= 15 is 0 Å². The number of hydrogen-bond acceptors (Lipinski definition) is 6. The number of urea groups is 1. The normalized spacial score (nSPS) is 13.9. The van der Waals surface area contributed by atoms with E-state index in [1.807, 2.05) is 18.2 Å². The lowest BCUT2D eigenvalue weighted by Gasteiger charge is -2.35. The molecule has 1 aromatic carbocycles. The van der Waals surface area contributed by atoms with Gasteiger partial charge in [0.25, 0.3) is 0 Å². The molecule has 1 N–H and O–H groups in total. The molecule has 0 spiro atoms. The van der Waals surface area contributed by atoms with E-state index in [0.29, 0.717) is 49.0 Å². The van der Waals surface area contributed by atoms with Crippen molar-refractivity contribution in [2.24, 2.45) is 0 Å². The molecule has 4 aromatic rings. The summed E-state index contributed by atoms with van der Waals surface area (Å²) in [7, 11) is 3.14. The van der Waals surface area contributed by atoms with E-state index in [1.165, 1.54) is 13.2 Å². The number of ether oxygens (including phenoxy) is 1. The molecule has 1 fully saturated rings. The summed E-state index contributed by atoms with van der Waals surface area (Å²) in [5, 5.41) is 7.98. The molecule has 1 aliphatic rings. The van der Waals surface area contributed by atoms with Gasteiger partial charge in [-0.05, 0) is 30.3 Å². The van der Waals surface area contributed by atoms with Crippen molar-refractivity contribution in [1.82, 2.24) is 30.0 Å². The van der Waals surface area contributed by atoms with Gasteiger partial charge >= 0.3 is 6.03 Å². The summed E-state index contributed by atoms with van der Waals surface area (Å²) in [6.07, 6.45) is 3.38. The van der Waals surface area contributed by atoms with Gasteiger partial charge in [0.2, 0.25) is 0 Å². The van der Waals surface area contributed by atoms with Crippen LogP contribution in [0.3, 0.4) is 0 Å². The zero-order chi connectivity index (χ0) is 23.7. The number of piperazine rings is 1. The number of rotatable bonds is 4. The Labute approximate surface area is 195 Å². The number of pyridine rings is 2. The molecular formula is C24H24FN7O2. The van der Waals surface area contributed by atoms with Crippen molar-refractivity contribution in [1.29, 1.82) is 0 Å². The SMILES string of the molecule is CNC(=O)N1CCN(c2cccc(-n3ncc4cnc(-c5c(F)cccc5OC)cc43)n2)CC1. The Morgan fingerprint density at radius 3 is 2.59 bits per heavy atom. The Bertz CT molecular complexity index is 1350. The van der Waals surface area contributed by atoms with Crippen molar-refractivity contribution in [2.75, 3.05) is 45.2 Å². The first-order chi connectivity index (χ1) is 16.6. The number of methoxy groups -OCH3 is 1.